The molecule has 3 rings (SSSR count). The maximum Gasteiger partial charge on any atom is 0.329 e. The number of quaternary nitrogens is 1. The molecule has 1 aliphatic heterocycles. The van der Waals surface area contributed by atoms with E-state index in [2.05, 4.69) is 5.32 Å². The fourth-order valence-corrected chi connectivity index (χ4v) is 3.36. The normalized spacial score (nSPS) is 25.7. The molecule has 0 aromatic heterocycles. The van der Waals surface area contributed by atoms with Crippen LogP contribution in [0.4, 0.5) is 9.18 Å². The van der Waals surface area contributed by atoms with Crippen molar-refractivity contribution in [3.63, 3.8) is 0 Å². The van der Waals surface area contributed by atoms with E-state index in [1.807, 2.05) is 0 Å². The van der Waals surface area contributed by atoms with Crippen LogP contribution < -0.4 is 10.2 Å². The van der Waals surface area contributed by atoms with Crippen molar-refractivity contribution in [2.75, 3.05) is 13.7 Å². The third-order valence-electron chi connectivity index (χ3n) is 4.66. The van der Waals surface area contributed by atoms with Gasteiger partial charge in [-0.05, 0) is 37.8 Å². The van der Waals surface area contributed by atoms with Crippen LogP contribution in [0, 0.1) is 11.7 Å². The van der Waals surface area contributed by atoms with Gasteiger partial charge in [-0.15, -0.1) is 0 Å². The largest absolute Gasteiger partial charge is 0.329 e. The van der Waals surface area contributed by atoms with E-state index in [-0.39, 0.29) is 30.3 Å². The lowest BCUT2D eigenvalue weighted by molar-refractivity contribution is -0.901. The second-order valence-corrected chi connectivity index (χ2v) is 7.04. The zero-order chi connectivity index (χ0) is 16.8. The summed E-state index contributed by atoms with van der Waals surface area (Å²) >= 11 is 6.03. The van der Waals surface area contributed by atoms with Gasteiger partial charge in [0.25, 0.3) is 5.91 Å². The highest BCUT2D eigenvalue weighted by atomic mass is 35.5. The Morgan fingerprint density at radius 3 is 2.74 bits per heavy atom. The summed E-state index contributed by atoms with van der Waals surface area (Å²) in [5.74, 6) is -0.342. The summed E-state index contributed by atoms with van der Waals surface area (Å²) in [5, 5.41) is 3.16. The van der Waals surface area contributed by atoms with Crippen LogP contribution in [-0.2, 0) is 11.3 Å². The zero-order valence-corrected chi connectivity index (χ0v) is 13.9. The highest BCUT2D eigenvalue weighted by Crippen LogP contribution is 2.42. The van der Waals surface area contributed by atoms with Gasteiger partial charge in [0.1, 0.15) is 17.9 Å². The highest BCUT2D eigenvalue weighted by molar-refractivity contribution is 6.31. The minimum absolute atomic E-state index is 0.178. The van der Waals surface area contributed by atoms with E-state index in [4.69, 9.17) is 11.6 Å². The summed E-state index contributed by atoms with van der Waals surface area (Å²) in [7, 11) is 1.80. The van der Waals surface area contributed by atoms with Crippen LogP contribution in [0.15, 0.2) is 18.2 Å². The first-order valence-corrected chi connectivity index (χ1v) is 8.09. The molecule has 2 N–H and O–H groups in total. The first kappa shape index (κ1) is 16.2. The molecule has 1 aliphatic carbocycles. The molecule has 1 aromatic rings. The Balaban J connectivity index is 1.69. The predicted molar refractivity (Wildman–Crippen MR) is 83.4 cm³/mol. The Morgan fingerprint density at radius 1 is 1.43 bits per heavy atom. The summed E-state index contributed by atoms with van der Waals surface area (Å²) in [5.41, 5.74) is -0.392. The molecule has 1 heterocycles. The van der Waals surface area contributed by atoms with Crippen LogP contribution in [0.25, 0.3) is 0 Å². The lowest BCUT2D eigenvalue weighted by Gasteiger charge is -2.23. The standard InChI is InChI=1S/C16H19ClFN3O2/c1-16(10-6-7-10)14(22)21(15(23)19-16)9-20(2)8-11-12(17)4-3-5-13(11)18/h3-5,10H,6-9H2,1-2H3,(H,19,23)/p+1/t16-/m1/s1. The van der Waals surface area contributed by atoms with Gasteiger partial charge in [0.15, 0.2) is 6.67 Å². The van der Waals surface area contributed by atoms with Gasteiger partial charge in [-0.2, -0.15) is 0 Å². The molecule has 124 valence electrons. The van der Waals surface area contributed by atoms with Crippen LogP contribution in [-0.4, -0.2) is 36.1 Å². The van der Waals surface area contributed by atoms with E-state index in [1.165, 1.54) is 11.0 Å². The summed E-state index contributed by atoms with van der Waals surface area (Å²) in [6.45, 7) is 2.26. The van der Waals surface area contributed by atoms with Crippen molar-refractivity contribution in [3.05, 3.63) is 34.6 Å². The Morgan fingerprint density at radius 2 is 2.13 bits per heavy atom. The molecule has 3 amide bonds. The molecule has 0 bridgehead atoms. The molecular formula is C16H20ClFN3O2+. The summed E-state index contributed by atoms with van der Waals surface area (Å²) in [6.07, 6.45) is 1.92. The number of hydrogen-bond donors (Lipinski definition) is 2. The first-order valence-electron chi connectivity index (χ1n) is 7.71. The molecule has 1 aromatic carbocycles. The molecule has 23 heavy (non-hydrogen) atoms. The molecule has 1 unspecified atom stereocenters. The van der Waals surface area contributed by atoms with Gasteiger partial charge in [-0.3, -0.25) is 4.79 Å². The van der Waals surface area contributed by atoms with Gasteiger partial charge >= 0.3 is 6.03 Å². The number of nitrogens with zero attached hydrogens (tertiary/aromatic N) is 1. The van der Waals surface area contributed by atoms with Crippen molar-refractivity contribution in [1.82, 2.24) is 10.2 Å². The average Bonchev–Trinajstić information content (AvgIpc) is 3.30. The van der Waals surface area contributed by atoms with Crippen molar-refractivity contribution in [2.45, 2.75) is 31.8 Å². The molecule has 1 saturated carbocycles. The first-order chi connectivity index (χ1) is 10.8. The van der Waals surface area contributed by atoms with Gasteiger partial charge in [0, 0.05) is 0 Å². The summed E-state index contributed by atoms with van der Waals surface area (Å²) < 4.78 is 13.9. The number of halogens is 2. The third-order valence-corrected chi connectivity index (χ3v) is 5.02. The number of rotatable bonds is 5. The molecule has 2 fully saturated rings. The molecular weight excluding hydrogens is 321 g/mol. The van der Waals surface area contributed by atoms with Crippen molar-refractivity contribution in [3.8, 4) is 0 Å². The van der Waals surface area contributed by atoms with Crippen molar-refractivity contribution >= 4 is 23.5 Å². The Kier molecular flexibility index (Phi) is 4.06. The van der Waals surface area contributed by atoms with Gasteiger partial charge in [0.05, 0.1) is 17.6 Å². The number of amides is 3. The van der Waals surface area contributed by atoms with E-state index in [0.29, 0.717) is 17.1 Å². The number of carbonyl (C=O) groups is 2. The SMILES string of the molecule is C[NH+](Cc1c(F)cccc1Cl)CN1C(=O)N[C@](C)(C2CC2)C1=O. The van der Waals surface area contributed by atoms with Crippen molar-refractivity contribution in [1.29, 1.82) is 0 Å². The number of imide groups is 1. The second kappa shape index (κ2) is 5.76. The Bertz CT molecular complexity index is 644. The molecule has 5 nitrogen and oxygen atoms in total. The third kappa shape index (κ3) is 2.93. The van der Waals surface area contributed by atoms with E-state index in [9.17, 15) is 14.0 Å². The minimum Gasteiger partial charge on any atom is -0.323 e. The molecule has 2 atom stereocenters. The maximum absolute atomic E-state index is 13.9. The highest BCUT2D eigenvalue weighted by Gasteiger charge is 2.56. The fourth-order valence-electron chi connectivity index (χ4n) is 3.13. The van der Waals surface area contributed by atoms with Crippen LogP contribution in [0.2, 0.25) is 5.02 Å². The van der Waals surface area contributed by atoms with Crippen LogP contribution in [0.3, 0.4) is 0 Å². The number of urea groups is 1. The second-order valence-electron chi connectivity index (χ2n) is 6.63. The van der Waals surface area contributed by atoms with E-state index >= 15 is 0 Å². The summed E-state index contributed by atoms with van der Waals surface area (Å²) in [4.78, 5) is 26.7. The Labute approximate surface area is 139 Å². The van der Waals surface area contributed by atoms with E-state index in [0.717, 1.165) is 17.7 Å². The quantitative estimate of drug-likeness (QED) is 0.791. The maximum atomic E-state index is 13.9. The topological polar surface area (TPSA) is 53.9 Å². The van der Waals surface area contributed by atoms with Crippen LogP contribution in [0.5, 0.6) is 0 Å². The van der Waals surface area contributed by atoms with Gasteiger partial charge in [-0.25, -0.2) is 14.1 Å². The molecule has 2 aliphatic rings. The lowest BCUT2D eigenvalue weighted by atomic mass is 9.96. The van der Waals surface area contributed by atoms with Crippen molar-refractivity contribution < 1.29 is 18.9 Å². The van der Waals surface area contributed by atoms with Crippen molar-refractivity contribution in [2.24, 2.45) is 5.92 Å². The fraction of sp³-hybridized carbons (Fsp3) is 0.500. The van der Waals surface area contributed by atoms with E-state index in [1.54, 1.807) is 26.1 Å². The average molecular weight is 341 g/mol. The van der Waals surface area contributed by atoms with E-state index < -0.39 is 5.54 Å². The van der Waals surface area contributed by atoms with Crippen LogP contribution >= 0.6 is 11.6 Å². The molecule has 0 radical (unpaired) electrons. The molecule has 7 heteroatoms. The molecule has 1 saturated heterocycles. The van der Waals surface area contributed by atoms with Gasteiger partial charge < -0.3 is 10.2 Å². The monoisotopic (exact) mass is 340 g/mol. The minimum atomic E-state index is -0.785. The Hall–Kier alpha value is -1.66. The van der Waals surface area contributed by atoms with Gasteiger partial charge in [0.2, 0.25) is 0 Å². The smallest absolute Gasteiger partial charge is 0.323 e. The van der Waals surface area contributed by atoms with Crippen LogP contribution in [0.1, 0.15) is 25.3 Å². The molecule has 0 spiro atoms. The zero-order valence-electron chi connectivity index (χ0n) is 13.2. The number of nitrogens with one attached hydrogen (secondary N) is 2. The summed E-state index contributed by atoms with van der Waals surface area (Å²) in [6, 6.07) is 4.16. The predicted octanol–water partition coefficient (Wildman–Crippen LogP) is 1.17. The number of carbonyl (C=O) groups excluding carboxylic acids is 2. The number of hydrogen-bond acceptors (Lipinski definition) is 2. The number of benzene rings is 1. The lowest BCUT2D eigenvalue weighted by Crippen LogP contribution is -3.09. The van der Waals surface area contributed by atoms with Gasteiger partial charge in [-0.1, -0.05) is 17.7 Å².